The molecule has 1 aliphatic carbocycles. The van der Waals surface area contributed by atoms with Crippen LogP contribution in [0.5, 0.6) is 0 Å². The molecule has 2 aliphatic rings. The van der Waals surface area contributed by atoms with Crippen molar-refractivity contribution in [1.82, 2.24) is 9.97 Å². The number of nitriles is 1. The topological polar surface area (TPSA) is 78.8 Å². The van der Waals surface area contributed by atoms with Crippen LogP contribution in [-0.4, -0.2) is 23.1 Å². The third kappa shape index (κ3) is 4.71. The third-order valence-electron chi connectivity index (χ3n) is 7.77. The standard InChI is InChI=1S/C28H39N5/c1-6-26-31-25-14-22-20(12-13-24(30)23(22)15-29)18(2)10-8-7-9-11-21(25)27(32-26)33-16-19(17-33)28(3,4)5/h12-13,18-19H,6-11,14,16-17,30H2,1-5H3. The Morgan fingerprint density at radius 2 is 1.88 bits per heavy atom. The van der Waals surface area contributed by atoms with Gasteiger partial charge in [-0.05, 0) is 53.7 Å². The van der Waals surface area contributed by atoms with Gasteiger partial charge in [0.05, 0.1) is 11.3 Å². The van der Waals surface area contributed by atoms with E-state index in [9.17, 15) is 5.26 Å². The number of anilines is 2. The molecule has 2 heterocycles. The summed E-state index contributed by atoms with van der Waals surface area (Å²) in [7, 11) is 0. The minimum absolute atomic E-state index is 0.313. The molecule has 176 valence electrons. The van der Waals surface area contributed by atoms with Crippen LogP contribution < -0.4 is 10.6 Å². The first kappa shape index (κ1) is 23.5. The number of nitrogen functional groups attached to an aromatic ring is 1. The van der Waals surface area contributed by atoms with Gasteiger partial charge >= 0.3 is 0 Å². The lowest BCUT2D eigenvalue weighted by Crippen LogP contribution is -2.53. The maximum absolute atomic E-state index is 9.98. The van der Waals surface area contributed by atoms with E-state index in [4.69, 9.17) is 15.7 Å². The molecular weight excluding hydrogens is 406 g/mol. The van der Waals surface area contributed by atoms with Gasteiger partial charge in [0, 0.05) is 37.2 Å². The molecule has 0 saturated carbocycles. The highest BCUT2D eigenvalue weighted by molar-refractivity contribution is 5.62. The maximum Gasteiger partial charge on any atom is 0.135 e. The summed E-state index contributed by atoms with van der Waals surface area (Å²) in [5.74, 6) is 3.12. The second-order valence-electron chi connectivity index (χ2n) is 11.1. The summed E-state index contributed by atoms with van der Waals surface area (Å²) in [5, 5.41) is 9.98. The number of rotatable bonds is 2. The normalized spacial score (nSPS) is 19.6. The molecule has 2 N–H and O–H groups in total. The van der Waals surface area contributed by atoms with Gasteiger partial charge in [0.15, 0.2) is 0 Å². The van der Waals surface area contributed by atoms with Gasteiger partial charge in [0.25, 0.3) is 0 Å². The number of aromatic nitrogens is 2. The van der Waals surface area contributed by atoms with Crippen molar-refractivity contribution < 1.29 is 0 Å². The Balaban J connectivity index is 1.83. The summed E-state index contributed by atoms with van der Waals surface area (Å²) in [4.78, 5) is 12.6. The van der Waals surface area contributed by atoms with E-state index < -0.39 is 0 Å². The Morgan fingerprint density at radius 1 is 1.12 bits per heavy atom. The second-order valence-corrected chi connectivity index (χ2v) is 11.1. The Bertz CT molecular complexity index is 1050. The zero-order chi connectivity index (χ0) is 23.8. The van der Waals surface area contributed by atoms with Crippen molar-refractivity contribution in [3.05, 3.63) is 45.9 Å². The molecule has 1 saturated heterocycles. The Morgan fingerprint density at radius 3 is 2.55 bits per heavy atom. The average Bonchev–Trinajstić information content (AvgIpc) is 2.75. The molecule has 0 spiro atoms. The predicted octanol–water partition coefficient (Wildman–Crippen LogP) is 5.79. The molecule has 33 heavy (non-hydrogen) atoms. The van der Waals surface area contributed by atoms with Crippen molar-refractivity contribution in [2.24, 2.45) is 11.3 Å². The van der Waals surface area contributed by atoms with E-state index in [1.54, 1.807) is 0 Å². The van der Waals surface area contributed by atoms with Gasteiger partial charge in [-0.3, -0.25) is 0 Å². The third-order valence-corrected chi connectivity index (χ3v) is 7.77. The monoisotopic (exact) mass is 445 g/mol. The van der Waals surface area contributed by atoms with Crippen molar-refractivity contribution in [2.45, 2.75) is 85.5 Å². The van der Waals surface area contributed by atoms with E-state index >= 15 is 0 Å². The molecule has 0 bridgehead atoms. The van der Waals surface area contributed by atoms with Gasteiger partial charge in [0.1, 0.15) is 17.7 Å². The van der Waals surface area contributed by atoms with Crippen LogP contribution in [0.4, 0.5) is 11.5 Å². The van der Waals surface area contributed by atoms with Gasteiger partial charge in [-0.15, -0.1) is 0 Å². The predicted molar refractivity (Wildman–Crippen MR) is 136 cm³/mol. The van der Waals surface area contributed by atoms with Gasteiger partial charge in [-0.1, -0.05) is 53.5 Å². The number of hydrogen-bond acceptors (Lipinski definition) is 5. The summed E-state index contributed by atoms with van der Waals surface area (Å²) in [6.45, 7) is 13.5. The molecule has 0 amide bonds. The highest BCUT2D eigenvalue weighted by Gasteiger charge is 2.38. The second kappa shape index (κ2) is 9.33. The SMILES string of the molecule is CCc1nc2c(c(N3CC(C(C)(C)C)C3)n1)CCCCCC(C)c1ccc(N)c(C#N)c1C2. The summed E-state index contributed by atoms with van der Waals surface area (Å²) in [6.07, 6.45) is 7.15. The molecular formula is C28H39N5. The van der Waals surface area contributed by atoms with Crippen molar-refractivity contribution in [3.8, 4) is 6.07 Å². The Hall–Kier alpha value is -2.61. The quantitative estimate of drug-likeness (QED) is 0.592. The Labute approximate surface area is 199 Å². The van der Waals surface area contributed by atoms with Gasteiger partial charge in [-0.25, -0.2) is 9.97 Å². The largest absolute Gasteiger partial charge is 0.398 e. The van der Waals surface area contributed by atoms with E-state index in [1.807, 2.05) is 6.07 Å². The summed E-state index contributed by atoms with van der Waals surface area (Å²) < 4.78 is 0. The number of nitrogens with zero attached hydrogens (tertiary/aromatic N) is 4. The molecule has 1 aliphatic heterocycles. The minimum Gasteiger partial charge on any atom is -0.398 e. The van der Waals surface area contributed by atoms with Crippen LogP contribution in [0.2, 0.25) is 0 Å². The lowest BCUT2D eigenvalue weighted by atomic mass is 9.76. The van der Waals surface area contributed by atoms with Crippen molar-refractivity contribution in [1.29, 1.82) is 5.26 Å². The van der Waals surface area contributed by atoms with Crippen LogP contribution >= 0.6 is 0 Å². The van der Waals surface area contributed by atoms with Gasteiger partial charge < -0.3 is 10.6 Å². The van der Waals surface area contributed by atoms with Crippen LogP contribution in [0.1, 0.15) is 100.0 Å². The van der Waals surface area contributed by atoms with Crippen LogP contribution in [-0.2, 0) is 19.3 Å². The first-order valence-corrected chi connectivity index (χ1v) is 12.7. The summed E-state index contributed by atoms with van der Waals surface area (Å²) in [5.41, 5.74) is 12.5. The molecule has 4 rings (SSSR count). The maximum atomic E-state index is 9.98. The first-order chi connectivity index (χ1) is 15.7. The number of aryl methyl sites for hydroxylation is 1. The first-order valence-electron chi connectivity index (χ1n) is 12.7. The number of nitrogens with two attached hydrogens (primary N) is 1. The van der Waals surface area contributed by atoms with Crippen LogP contribution in [0.3, 0.4) is 0 Å². The number of hydrogen-bond donors (Lipinski definition) is 1. The fraction of sp³-hybridized carbons (Fsp3) is 0.607. The van der Waals surface area contributed by atoms with Crippen molar-refractivity contribution in [3.63, 3.8) is 0 Å². The lowest BCUT2D eigenvalue weighted by molar-refractivity contribution is 0.194. The highest BCUT2D eigenvalue weighted by atomic mass is 15.3. The number of fused-ring (bicyclic) bond motifs is 2. The minimum atomic E-state index is 0.313. The van der Waals surface area contributed by atoms with Crippen LogP contribution in [0, 0.1) is 22.7 Å². The molecule has 1 unspecified atom stereocenters. The smallest absolute Gasteiger partial charge is 0.135 e. The number of benzene rings is 1. The van der Waals surface area contributed by atoms with E-state index in [0.717, 1.165) is 61.7 Å². The molecule has 1 fully saturated rings. The molecule has 1 aromatic heterocycles. The summed E-state index contributed by atoms with van der Waals surface area (Å²) in [6, 6.07) is 6.45. The molecule has 0 radical (unpaired) electrons. The van der Waals surface area contributed by atoms with Crippen molar-refractivity contribution in [2.75, 3.05) is 23.7 Å². The molecule has 1 aromatic carbocycles. The Kier molecular flexibility index (Phi) is 6.66. The van der Waals surface area contributed by atoms with E-state index in [0.29, 0.717) is 34.9 Å². The molecule has 1 atom stereocenters. The van der Waals surface area contributed by atoms with E-state index in [1.165, 1.54) is 24.0 Å². The average molecular weight is 446 g/mol. The fourth-order valence-corrected chi connectivity index (χ4v) is 5.31. The molecule has 5 heteroatoms. The van der Waals surface area contributed by atoms with Gasteiger partial charge in [0.2, 0.25) is 0 Å². The van der Waals surface area contributed by atoms with E-state index in [-0.39, 0.29) is 0 Å². The van der Waals surface area contributed by atoms with Gasteiger partial charge in [-0.2, -0.15) is 5.26 Å². The van der Waals surface area contributed by atoms with Crippen LogP contribution in [0.25, 0.3) is 0 Å². The van der Waals surface area contributed by atoms with Crippen LogP contribution in [0.15, 0.2) is 12.1 Å². The highest BCUT2D eigenvalue weighted by Crippen LogP contribution is 2.39. The summed E-state index contributed by atoms with van der Waals surface area (Å²) >= 11 is 0. The molecule has 2 aromatic rings. The van der Waals surface area contributed by atoms with E-state index in [2.05, 4.69) is 51.7 Å². The zero-order valence-corrected chi connectivity index (χ0v) is 21.0. The van der Waals surface area contributed by atoms with Crippen molar-refractivity contribution >= 4 is 11.5 Å². The molecule has 5 nitrogen and oxygen atoms in total. The zero-order valence-electron chi connectivity index (χ0n) is 21.0. The fourth-order valence-electron chi connectivity index (χ4n) is 5.31. The lowest BCUT2D eigenvalue weighted by Gasteiger charge is -2.47.